The van der Waals surface area contributed by atoms with Crippen molar-refractivity contribution >= 4 is 73.7 Å². The van der Waals surface area contributed by atoms with E-state index in [-0.39, 0.29) is 12.5 Å². The minimum atomic E-state index is -0.744. The second kappa shape index (κ2) is 11.7. The number of fused-ring (bicyclic) bond motifs is 3. The molecule has 2 aromatic heterocycles. The maximum absolute atomic E-state index is 12.4. The van der Waals surface area contributed by atoms with Crippen molar-refractivity contribution in [2.45, 2.75) is 59.2 Å². The number of anilines is 2. The number of hydrogen-bond acceptors (Lipinski definition) is 8. The number of aromatic amines is 1. The Morgan fingerprint density at radius 1 is 1.00 bits per heavy atom. The number of nitrogens with zero attached hydrogens (tertiary/aromatic N) is 2. The summed E-state index contributed by atoms with van der Waals surface area (Å²) in [5.74, 6) is -0.0692. The topological polar surface area (TPSA) is 130 Å². The standard InChI is InChI=1S/C28H33ClN6O4S/c1-27(2,3)38-25(36)34-23(35-26(37)39-28(4,5)6)30-10-9-16-13-18(32-24-31-11-12-40-24)15-20-19-14-17(29)7-8-21(19)33-22(16)20/h7-8,11-15,33H,9-10H2,1-6H3,(H,31,32)(H2,30,34,35,36,37). The normalized spacial score (nSPS) is 11.8. The minimum Gasteiger partial charge on any atom is -0.444 e. The van der Waals surface area contributed by atoms with E-state index in [2.05, 4.69) is 37.0 Å². The van der Waals surface area contributed by atoms with Crippen molar-refractivity contribution in [3.05, 3.63) is 52.5 Å². The number of carbonyl (C=O) groups is 2. The zero-order valence-corrected chi connectivity index (χ0v) is 24.8. The molecule has 0 unspecified atom stereocenters. The predicted molar refractivity (Wildman–Crippen MR) is 161 cm³/mol. The number of thiazole rings is 1. The molecule has 4 N–H and O–H groups in total. The van der Waals surface area contributed by atoms with E-state index in [1.54, 1.807) is 47.7 Å². The fraction of sp³-hybridized carbons (Fsp3) is 0.357. The highest BCUT2D eigenvalue weighted by Crippen LogP contribution is 2.34. The zero-order chi connectivity index (χ0) is 29.1. The summed E-state index contributed by atoms with van der Waals surface area (Å²) in [6.07, 6.45) is 0.738. The average molecular weight is 585 g/mol. The molecule has 0 aliphatic carbocycles. The lowest BCUT2D eigenvalue weighted by molar-refractivity contribution is 0.0545. The van der Waals surface area contributed by atoms with Crippen LogP contribution in [0.15, 0.2) is 46.9 Å². The van der Waals surface area contributed by atoms with E-state index in [0.717, 1.165) is 38.2 Å². The van der Waals surface area contributed by atoms with Crippen molar-refractivity contribution in [1.82, 2.24) is 20.6 Å². The van der Waals surface area contributed by atoms with Gasteiger partial charge in [-0.1, -0.05) is 11.6 Å². The van der Waals surface area contributed by atoms with Crippen LogP contribution in [0.2, 0.25) is 5.02 Å². The fourth-order valence-corrected chi connectivity index (χ4v) is 4.64. The Bertz CT molecular complexity index is 1520. The van der Waals surface area contributed by atoms with Crippen LogP contribution in [0, 0.1) is 0 Å². The number of amides is 2. The van der Waals surface area contributed by atoms with Crippen LogP contribution in [0.5, 0.6) is 0 Å². The third-order valence-electron chi connectivity index (χ3n) is 5.32. The minimum absolute atomic E-state index is 0.0692. The molecule has 4 rings (SSSR count). The molecule has 0 aliphatic heterocycles. The Morgan fingerprint density at radius 2 is 1.68 bits per heavy atom. The molecule has 0 saturated carbocycles. The zero-order valence-electron chi connectivity index (χ0n) is 23.3. The van der Waals surface area contributed by atoms with Crippen molar-refractivity contribution in [1.29, 1.82) is 0 Å². The first-order valence-corrected chi connectivity index (χ1v) is 14.0. The number of alkyl carbamates (subject to hydrolysis) is 2. The molecule has 10 nitrogen and oxygen atoms in total. The number of aliphatic imine (C=N–C) groups is 1. The van der Waals surface area contributed by atoms with Gasteiger partial charge in [0.15, 0.2) is 5.13 Å². The summed E-state index contributed by atoms with van der Waals surface area (Å²) in [4.78, 5) is 37.1. The van der Waals surface area contributed by atoms with E-state index < -0.39 is 23.4 Å². The van der Waals surface area contributed by atoms with Crippen LogP contribution in [-0.4, -0.2) is 45.9 Å². The molecular weight excluding hydrogens is 552 g/mol. The lowest BCUT2D eigenvalue weighted by Crippen LogP contribution is -2.47. The van der Waals surface area contributed by atoms with Gasteiger partial charge in [0, 0.05) is 50.6 Å². The van der Waals surface area contributed by atoms with Crippen LogP contribution in [0.25, 0.3) is 21.8 Å². The summed E-state index contributed by atoms with van der Waals surface area (Å²) in [6.45, 7) is 10.7. The lowest BCUT2D eigenvalue weighted by atomic mass is 10.1. The SMILES string of the molecule is CC(C)(C)OC(=O)NC(=NCCc1cc(Nc2nccs2)cc2c1[nH]c1ccc(Cl)cc12)NC(=O)OC(C)(C)C. The van der Waals surface area contributed by atoms with E-state index in [1.165, 1.54) is 11.3 Å². The second-order valence-electron chi connectivity index (χ2n) is 11.1. The van der Waals surface area contributed by atoms with E-state index in [0.29, 0.717) is 11.4 Å². The molecule has 2 heterocycles. The van der Waals surface area contributed by atoms with Crippen molar-refractivity contribution in [3.8, 4) is 0 Å². The molecule has 0 bridgehead atoms. The molecule has 0 fully saturated rings. The number of carbonyl (C=O) groups excluding carboxylic acids is 2. The fourth-order valence-electron chi connectivity index (χ4n) is 3.92. The third kappa shape index (κ3) is 8.09. The monoisotopic (exact) mass is 584 g/mol. The van der Waals surface area contributed by atoms with E-state index in [9.17, 15) is 9.59 Å². The van der Waals surface area contributed by atoms with Crippen LogP contribution in [0.1, 0.15) is 47.1 Å². The second-order valence-corrected chi connectivity index (χ2v) is 12.4. The van der Waals surface area contributed by atoms with E-state index >= 15 is 0 Å². The van der Waals surface area contributed by atoms with Gasteiger partial charge in [-0.25, -0.2) is 14.6 Å². The Balaban J connectivity index is 1.63. The third-order valence-corrected chi connectivity index (χ3v) is 6.25. The number of aromatic nitrogens is 2. The van der Waals surface area contributed by atoms with Gasteiger partial charge < -0.3 is 19.8 Å². The van der Waals surface area contributed by atoms with E-state index in [1.807, 2.05) is 29.6 Å². The summed E-state index contributed by atoms with van der Waals surface area (Å²) in [5.41, 5.74) is 2.28. The Morgan fingerprint density at radius 3 is 2.27 bits per heavy atom. The summed E-state index contributed by atoms with van der Waals surface area (Å²) in [5, 5.41) is 13.7. The van der Waals surface area contributed by atoms with Crippen LogP contribution >= 0.6 is 22.9 Å². The molecule has 212 valence electrons. The first-order valence-electron chi connectivity index (χ1n) is 12.7. The van der Waals surface area contributed by atoms with Crippen molar-refractivity contribution < 1.29 is 19.1 Å². The molecule has 0 atom stereocenters. The van der Waals surface area contributed by atoms with Gasteiger partial charge in [0.2, 0.25) is 5.96 Å². The number of ether oxygens (including phenoxy) is 2. The number of guanidine groups is 1. The van der Waals surface area contributed by atoms with Gasteiger partial charge in [0.25, 0.3) is 0 Å². The average Bonchev–Trinajstić information content (AvgIpc) is 3.44. The highest BCUT2D eigenvalue weighted by molar-refractivity contribution is 7.13. The van der Waals surface area contributed by atoms with Gasteiger partial charge in [0.1, 0.15) is 11.2 Å². The van der Waals surface area contributed by atoms with Gasteiger partial charge in [-0.05, 0) is 83.9 Å². The van der Waals surface area contributed by atoms with Crippen LogP contribution in [0.4, 0.5) is 20.4 Å². The summed E-state index contributed by atoms with van der Waals surface area (Å²) in [6, 6.07) is 9.80. The van der Waals surface area contributed by atoms with Crippen LogP contribution < -0.4 is 16.0 Å². The van der Waals surface area contributed by atoms with E-state index in [4.69, 9.17) is 21.1 Å². The van der Waals surface area contributed by atoms with Crippen LogP contribution in [-0.2, 0) is 15.9 Å². The van der Waals surface area contributed by atoms with Crippen molar-refractivity contribution in [3.63, 3.8) is 0 Å². The summed E-state index contributed by atoms with van der Waals surface area (Å²) in [7, 11) is 0. The summed E-state index contributed by atoms with van der Waals surface area (Å²) < 4.78 is 10.7. The number of H-pyrrole nitrogens is 1. The molecule has 0 spiro atoms. The van der Waals surface area contributed by atoms with Gasteiger partial charge in [-0.2, -0.15) is 0 Å². The largest absolute Gasteiger partial charge is 0.444 e. The van der Waals surface area contributed by atoms with Gasteiger partial charge in [0.05, 0.1) is 0 Å². The highest BCUT2D eigenvalue weighted by atomic mass is 35.5. The maximum atomic E-state index is 12.4. The molecule has 2 amide bonds. The highest BCUT2D eigenvalue weighted by Gasteiger charge is 2.21. The molecule has 0 saturated heterocycles. The predicted octanol–water partition coefficient (Wildman–Crippen LogP) is 7.12. The Kier molecular flexibility index (Phi) is 8.55. The number of nitrogens with one attached hydrogen (secondary N) is 4. The molecule has 0 aliphatic rings. The number of rotatable bonds is 5. The molecule has 4 aromatic rings. The molecule has 40 heavy (non-hydrogen) atoms. The molecule has 12 heteroatoms. The molecular formula is C28H33ClN6O4S. The van der Waals surface area contributed by atoms with Gasteiger partial charge >= 0.3 is 12.2 Å². The van der Waals surface area contributed by atoms with Crippen molar-refractivity contribution in [2.75, 3.05) is 11.9 Å². The first kappa shape index (κ1) is 29.2. The quantitative estimate of drug-likeness (QED) is 0.146. The van der Waals surface area contributed by atoms with Crippen molar-refractivity contribution in [2.24, 2.45) is 4.99 Å². The van der Waals surface area contributed by atoms with Gasteiger partial charge in [-0.3, -0.25) is 15.6 Å². The smallest absolute Gasteiger partial charge is 0.414 e. The summed E-state index contributed by atoms with van der Waals surface area (Å²) >= 11 is 7.81. The Labute approximate surface area is 241 Å². The maximum Gasteiger partial charge on any atom is 0.414 e. The number of hydrogen-bond donors (Lipinski definition) is 4. The Hall–Kier alpha value is -3.83. The number of benzene rings is 2. The number of halogens is 1. The molecule has 2 aromatic carbocycles. The van der Waals surface area contributed by atoms with Crippen LogP contribution in [0.3, 0.4) is 0 Å². The first-order chi connectivity index (χ1) is 18.8. The van der Waals surface area contributed by atoms with Gasteiger partial charge in [-0.15, -0.1) is 11.3 Å². The molecule has 0 radical (unpaired) electrons. The lowest BCUT2D eigenvalue weighted by Gasteiger charge is -2.22.